The molecule has 0 bridgehead atoms. The molecule has 0 aliphatic carbocycles. The number of amides is 1. The second-order valence-corrected chi connectivity index (χ2v) is 9.77. The zero-order valence-corrected chi connectivity index (χ0v) is 22.7. The predicted octanol–water partition coefficient (Wildman–Crippen LogP) is 4.33. The van der Waals surface area contributed by atoms with Gasteiger partial charge in [0.25, 0.3) is 11.5 Å². The van der Waals surface area contributed by atoms with Crippen LogP contribution >= 0.6 is 22.9 Å². The third-order valence-electron chi connectivity index (χ3n) is 5.97. The number of nitrogens with one attached hydrogen (secondary N) is 1. The van der Waals surface area contributed by atoms with Crippen LogP contribution in [-0.2, 0) is 4.79 Å². The number of thiazole rings is 1. The largest absolute Gasteiger partial charge is 0.493 e. The quantitative estimate of drug-likeness (QED) is 0.389. The summed E-state index contributed by atoms with van der Waals surface area (Å²) in [6.45, 7) is 3.90. The number of carbonyl (C=O) groups is 1. The third kappa shape index (κ3) is 5.21. The van der Waals surface area contributed by atoms with E-state index in [0.717, 1.165) is 22.5 Å². The monoisotopic (exact) mass is 545 g/mol. The number of halogens is 1. The highest BCUT2D eigenvalue weighted by atomic mass is 35.5. The van der Waals surface area contributed by atoms with Crippen molar-refractivity contribution in [3.05, 3.63) is 102 Å². The van der Waals surface area contributed by atoms with E-state index in [1.807, 2.05) is 32.0 Å². The molecule has 4 rings (SSSR count). The van der Waals surface area contributed by atoms with E-state index in [2.05, 4.69) is 5.32 Å². The topological polar surface area (TPSA) is 93.4 Å². The Morgan fingerprint density at radius 1 is 1.05 bits per heavy atom. The lowest BCUT2D eigenvalue weighted by Gasteiger charge is -2.09. The van der Waals surface area contributed by atoms with Crippen molar-refractivity contribution in [1.29, 1.82) is 5.26 Å². The summed E-state index contributed by atoms with van der Waals surface area (Å²) in [6, 6.07) is 19.6. The molecule has 192 valence electrons. The molecule has 0 aliphatic heterocycles. The number of rotatable bonds is 6. The Morgan fingerprint density at radius 3 is 2.47 bits per heavy atom. The number of hydrogen-bond donors (Lipinski definition) is 1. The van der Waals surface area contributed by atoms with Crippen molar-refractivity contribution in [2.24, 2.45) is 0 Å². The van der Waals surface area contributed by atoms with Crippen molar-refractivity contribution in [2.75, 3.05) is 19.5 Å². The Balaban J connectivity index is 2.03. The number of hydrogen-bond acceptors (Lipinski definition) is 6. The molecular formula is C29H24ClN3O4S. The van der Waals surface area contributed by atoms with Gasteiger partial charge in [-0.2, -0.15) is 5.26 Å². The van der Waals surface area contributed by atoms with Gasteiger partial charge in [-0.05, 0) is 61.4 Å². The number of aryl methyl sites for hydroxylation is 2. The van der Waals surface area contributed by atoms with E-state index in [4.69, 9.17) is 21.1 Å². The zero-order valence-electron chi connectivity index (χ0n) is 21.2. The van der Waals surface area contributed by atoms with Crippen molar-refractivity contribution >= 4 is 46.2 Å². The lowest BCUT2D eigenvalue weighted by atomic mass is 10.1. The number of nitriles is 1. The number of aromatic nitrogens is 1. The summed E-state index contributed by atoms with van der Waals surface area (Å²) in [6.07, 6.45) is 1.66. The Bertz CT molecular complexity index is 1770. The normalized spacial score (nSPS) is 12.1. The van der Waals surface area contributed by atoms with Crippen LogP contribution < -0.4 is 29.5 Å². The third-order valence-corrected chi connectivity index (χ3v) is 7.39. The van der Waals surface area contributed by atoms with E-state index < -0.39 is 5.91 Å². The summed E-state index contributed by atoms with van der Waals surface area (Å²) in [5.74, 6) is 0.295. The van der Waals surface area contributed by atoms with Crippen LogP contribution in [0.15, 0.2) is 65.5 Å². The fourth-order valence-corrected chi connectivity index (χ4v) is 5.13. The lowest BCUT2D eigenvalue weighted by molar-refractivity contribution is -0.111. The molecule has 0 atom stereocenters. The van der Waals surface area contributed by atoms with Crippen LogP contribution in [-0.4, -0.2) is 24.7 Å². The van der Waals surface area contributed by atoms with Crippen molar-refractivity contribution < 1.29 is 14.3 Å². The maximum absolute atomic E-state index is 13.8. The maximum atomic E-state index is 13.8. The van der Waals surface area contributed by atoms with Crippen molar-refractivity contribution in [3.8, 4) is 23.3 Å². The molecule has 0 saturated heterocycles. The van der Waals surface area contributed by atoms with E-state index in [1.54, 1.807) is 54.6 Å². The van der Waals surface area contributed by atoms with E-state index >= 15 is 0 Å². The molecule has 1 N–H and O–H groups in total. The number of nitrogens with zero attached hydrogens (tertiary/aromatic N) is 2. The molecule has 4 aromatic rings. The van der Waals surface area contributed by atoms with Crippen LogP contribution in [0.3, 0.4) is 0 Å². The van der Waals surface area contributed by atoms with E-state index in [9.17, 15) is 14.9 Å². The van der Waals surface area contributed by atoms with Crippen molar-refractivity contribution in [3.63, 3.8) is 0 Å². The summed E-state index contributed by atoms with van der Waals surface area (Å²) >= 11 is 7.25. The first-order valence-corrected chi connectivity index (χ1v) is 12.7. The van der Waals surface area contributed by atoms with Gasteiger partial charge in [-0.15, -0.1) is 11.3 Å². The first kappa shape index (κ1) is 26.7. The van der Waals surface area contributed by atoms with Gasteiger partial charge in [0.2, 0.25) is 0 Å². The molecule has 3 aromatic carbocycles. The van der Waals surface area contributed by atoms with Gasteiger partial charge in [0.1, 0.15) is 10.7 Å². The molecule has 1 amide bonds. The number of benzene rings is 3. The molecule has 7 nitrogen and oxygen atoms in total. The first-order chi connectivity index (χ1) is 18.3. The molecular weight excluding hydrogens is 522 g/mol. The van der Waals surface area contributed by atoms with Gasteiger partial charge in [0, 0.05) is 5.56 Å². The molecule has 1 aromatic heterocycles. The molecule has 0 radical (unpaired) electrons. The Hall–Kier alpha value is -4.32. The van der Waals surface area contributed by atoms with Crippen LogP contribution in [0.4, 0.5) is 5.69 Å². The lowest BCUT2D eigenvalue weighted by Crippen LogP contribution is -2.32. The Labute approximate surface area is 228 Å². The van der Waals surface area contributed by atoms with Crippen LogP contribution in [0.1, 0.15) is 16.7 Å². The minimum Gasteiger partial charge on any atom is -0.493 e. The van der Waals surface area contributed by atoms with Gasteiger partial charge in [-0.3, -0.25) is 14.2 Å². The molecule has 38 heavy (non-hydrogen) atoms. The number of methoxy groups -OCH3 is 2. The molecule has 0 fully saturated rings. The summed E-state index contributed by atoms with van der Waals surface area (Å²) < 4.78 is 12.8. The summed E-state index contributed by atoms with van der Waals surface area (Å²) in [5.41, 5.74) is 2.93. The first-order valence-electron chi connectivity index (χ1n) is 11.5. The van der Waals surface area contributed by atoms with Crippen LogP contribution in [0.2, 0.25) is 5.02 Å². The molecule has 1 heterocycles. The SMILES string of the molecule is COc1cccc(C=c2sc(=C(C#N)C(=O)Nc3ccccc3Cl)n(-c3ccc(C)c(C)c3)c2=O)c1OC. The standard InChI is InChI=1S/C29H24ClN3O4S/c1-17-12-13-20(14-18(17)2)33-28(35)25(15-19-8-7-11-24(36-3)26(19)37-4)38-29(33)21(16-31)27(34)32-23-10-6-5-9-22(23)30/h5-15H,1-4H3,(H,32,34). The second-order valence-electron chi connectivity index (χ2n) is 8.33. The number of carbonyl (C=O) groups excluding carboxylic acids is 1. The Morgan fingerprint density at radius 2 is 1.82 bits per heavy atom. The van der Waals surface area contributed by atoms with E-state index in [0.29, 0.717) is 38.0 Å². The summed E-state index contributed by atoms with van der Waals surface area (Å²) in [4.78, 5) is 27.1. The Kier molecular flexibility index (Phi) is 8.01. The average molecular weight is 546 g/mol. The van der Waals surface area contributed by atoms with Gasteiger partial charge in [-0.1, -0.05) is 41.9 Å². The minimum atomic E-state index is -0.676. The van der Waals surface area contributed by atoms with E-state index in [1.165, 1.54) is 18.8 Å². The van der Waals surface area contributed by atoms with Gasteiger partial charge < -0.3 is 14.8 Å². The van der Waals surface area contributed by atoms with Gasteiger partial charge in [0.05, 0.1) is 35.1 Å². The molecule has 0 unspecified atom stereocenters. The van der Waals surface area contributed by atoms with Crippen LogP contribution in [0.5, 0.6) is 11.5 Å². The fourth-order valence-electron chi connectivity index (χ4n) is 3.86. The highest BCUT2D eigenvalue weighted by Crippen LogP contribution is 2.31. The number of para-hydroxylation sites is 2. The fraction of sp³-hybridized carbons (Fsp3) is 0.138. The smallest absolute Gasteiger partial charge is 0.273 e. The molecule has 0 saturated carbocycles. The highest BCUT2D eigenvalue weighted by molar-refractivity contribution is 7.07. The summed E-state index contributed by atoms with van der Waals surface area (Å²) in [5, 5.41) is 13.1. The predicted molar refractivity (Wildman–Crippen MR) is 151 cm³/mol. The van der Waals surface area contributed by atoms with Crippen molar-refractivity contribution in [1.82, 2.24) is 4.57 Å². The minimum absolute atomic E-state index is 0.193. The van der Waals surface area contributed by atoms with Crippen molar-refractivity contribution in [2.45, 2.75) is 13.8 Å². The highest BCUT2D eigenvalue weighted by Gasteiger charge is 2.19. The summed E-state index contributed by atoms with van der Waals surface area (Å²) in [7, 11) is 3.05. The van der Waals surface area contributed by atoms with E-state index in [-0.39, 0.29) is 15.8 Å². The number of ether oxygens (including phenoxy) is 2. The second kappa shape index (κ2) is 11.4. The number of anilines is 1. The van der Waals surface area contributed by atoms with Gasteiger partial charge in [-0.25, -0.2) is 0 Å². The van der Waals surface area contributed by atoms with Gasteiger partial charge >= 0.3 is 0 Å². The molecule has 9 heteroatoms. The molecule has 0 aliphatic rings. The average Bonchev–Trinajstić information content (AvgIpc) is 3.22. The van der Waals surface area contributed by atoms with Crippen LogP contribution in [0.25, 0.3) is 17.3 Å². The van der Waals surface area contributed by atoms with Crippen LogP contribution in [0, 0.1) is 25.2 Å². The molecule has 0 spiro atoms. The zero-order chi connectivity index (χ0) is 27.4. The maximum Gasteiger partial charge on any atom is 0.273 e. The van der Waals surface area contributed by atoms with Gasteiger partial charge in [0.15, 0.2) is 17.1 Å².